The smallest absolute Gasteiger partial charge is 0.112 e. The maximum atomic E-state index is 13.5. The molecular weight excluding hydrogens is 356 g/mol. The number of benzene rings is 1. The highest BCUT2D eigenvalue weighted by Gasteiger charge is 2.30. The van der Waals surface area contributed by atoms with Crippen molar-refractivity contribution in [2.45, 2.75) is 44.7 Å². The number of nitrogens with zero attached hydrogens (tertiary/aromatic N) is 3. The summed E-state index contributed by atoms with van der Waals surface area (Å²) in [5.74, 6) is 0.615. The lowest BCUT2D eigenvalue weighted by Gasteiger charge is -2.34. The van der Waals surface area contributed by atoms with Crippen LogP contribution in [0.1, 0.15) is 55.5 Å². The fourth-order valence-electron chi connectivity index (χ4n) is 4.20. The molecule has 4 rings (SSSR count). The van der Waals surface area contributed by atoms with E-state index in [2.05, 4.69) is 36.6 Å². The molecule has 0 spiro atoms. The second kappa shape index (κ2) is 7.43. The Balaban J connectivity index is 1.97. The third-order valence-corrected chi connectivity index (χ3v) is 5.75. The number of allylic oxidation sites excluding steroid dienone is 2. The molecule has 3 nitrogen and oxygen atoms in total. The van der Waals surface area contributed by atoms with E-state index in [1.807, 2.05) is 24.3 Å². The van der Waals surface area contributed by atoms with Crippen LogP contribution >= 0.6 is 0 Å². The first-order chi connectivity index (χ1) is 13.6. The molecule has 1 fully saturated rings. The molecule has 0 unspecified atom stereocenters. The molecule has 1 saturated carbocycles. The van der Waals surface area contributed by atoms with Crippen LogP contribution in [0.5, 0.6) is 0 Å². The van der Waals surface area contributed by atoms with Gasteiger partial charge in [0.15, 0.2) is 0 Å². The highest BCUT2D eigenvalue weighted by molar-refractivity contribution is 5.93. The molecule has 1 aromatic heterocycles. The molecule has 28 heavy (non-hydrogen) atoms. The zero-order valence-electron chi connectivity index (χ0n) is 16.3. The lowest BCUT2D eigenvalue weighted by Crippen LogP contribution is -2.39. The fraction of sp³-hybridized carbons (Fsp3) is 0.435. The minimum atomic E-state index is -0.844. The van der Waals surface area contributed by atoms with Gasteiger partial charge >= 0.3 is 0 Å². The number of nitriles is 1. The number of aromatic nitrogens is 1. The number of hydrogen-bond acceptors (Lipinski definition) is 2. The predicted molar refractivity (Wildman–Crippen MR) is 109 cm³/mol. The van der Waals surface area contributed by atoms with Gasteiger partial charge in [0.1, 0.15) is 19.4 Å². The van der Waals surface area contributed by atoms with Crippen molar-refractivity contribution in [3.63, 3.8) is 0 Å². The van der Waals surface area contributed by atoms with Crippen LogP contribution in [-0.2, 0) is 0 Å². The Bertz CT molecular complexity index is 985. The molecule has 0 saturated heterocycles. The lowest BCUT2D eigenvalue weighted by atomic mass is 10.0. The van der Waals surface area contributed by atoms with Crippen molar-refractivity contribution in [2.75, 3.05) is 19.9 Å². The minimum Gasteiger partial charge on any atom is -0.358 e. The lowest BCUT2D eigenvalue weighted by molar-refractivity contribution is 0.211. The molecule has 2 aliphatic rings. The number of fused-ring (bicyclic) bond motifs is 1. The van der Waals surface area contributed by atoms with E-state index in [9.17, 15) is 14.0 Å². The van der Waals surface area contributed by atoms with Crippen molar-refractivity contribution in [1.29, 1.82) is 5.26 Å². The van der Waals surface area contributed by atoms with E-state index >= 15 is 0 Å². The van der Waals surface area contributed by atoms with Crippen LogP contribution in [0.3, 0.4) is 0 Å². The van der Waals surface area contributed by atoms with E-state index in [4.69, 9.17) is 0 Å². The summed E-state index contributed by atoms with van der Waals surface area (Å²) < 4.78 is 29.2. The average Bonchev–Trinajstić information content (AvgIpc) is 3.50. The highest BCUT2D eigenvalue weighted by Crippen LogP contribution is 2.43. The Morgan fingerprint density at radius 2 is 1.96 bits per heavy atom. The zero-order valence-corrected chi connectivity index (χ0v) is 16.3. The van der Waals surface area contributed by atoms with Crippen LogP contribution in [0.15, 0.2) is 36.4 Å². The first kappa shape index (κ1) is 18.7. The van der Waals surface area contributed by atoms with Crippen LogP contribution in [-0.4, -0.2) is 35.4 Å². The van der Waals surface area contributed by atoms with Gasteiger partial charge in [-0.3, -0.25) is 0 Å². The number of rotatable bonds is 6. The van der Waals surface area contributed by atoms with E-state index in [1.165, 1.54) is 18.4 Å². The molecule has 1 aliphatic heterocycles. The molecule has 1 aliphatic carbocycles. The average molecular weight is 381 g/mol. The summed E-state index contributed by atoms with van der Waals surface area (Å²) in [5, 5.41) is 10.9. The molecule has 0 atom stereocenters. The second-order valence-electron chi connectivity index (χ2n) is 7.94. The molecule has 0 bridgehead atoms. The second-order valence-corrected chi connectivity index (χ2v) is 7.94. The summed E-state index contributed by atoms with van der Waals surface area (Å²) >= 11 is 0. The standard InChI is InChI=1S/C23H25F2N3/c1-15(2)28-22-11-17(16-6-7-16)8-9-19(22)20(14-26)23(28)21-5-3-4-10-27(21)18(12-24)13-25/h3-5,8-9,11,15-16,18H,6-7,10,12-13H2,1-2H3. The topological polar surface area (TPSA) is 32.0 Å². The molecule has 0 amide bonds. The van der Waals surface area contributed by atoms with E-state index in [-0.39, 0.29) is 6.04 Å². The minimum absolute atomic E-state index is 0.108. The predicted octanol–water partition coefficient (Wildman–Crippen LogP) is 5.49. The summed E-state index contributed by atoms with van der Waals surface area (Å²) in [4.78, 5) is 1.75. The van der Waals surface area contributed by atoms with Crippen LogP contribution in [0.2, 0.25) is 0 Å². The number of halogens is 2. The molecule has 5 heteroatoms. The largest absolute Gasteiger partial charge is 0.358 e. The molecule has 0 N–H and O–H groups in total. The molecule has 2 aromatic rings. The summed E-state index contributed by atoms with van der Waals surface area (Å²) in [7, 11) is 0. The van der Waals surface area contributed by atoms with Gasteiger partial charge in [0.05, 0.1) is 28.5 Å². The van der Waals surface area contributed by atoms with Gasteiger partial charge in [-0.05, 0) is 50.3 Å². The van der Waals surface area contributed by atoms with Gasteiger partial charge < -0.3 is 9.47 Å². The Morgan fingerprint density at radius 1 is 1.21 bits per heavy atom. The van der Waals surface area contributed by atoms with Gasteiger partial charge in [0, 0.05) is 18.0 Å². The molecule has 0 radical (unpaired) electrons. The van der Waals surface area contributed by atoms with Crippen molar-refractivity contribution in [2.24, 2.45) is 0 Å². The van der Waals surface area contributed by atoms with Crippen LogP contribution in [0.4, 0.5) is 8.78 Å². The highest BCUT2D eigenvalue weighted by atomic mass is 19.1. The molecule has 2 heterocycles. The van der Waals surface area contributed by atoms with Gasteiger partial charge in [-0.25, -0.2) is 8.78 Å². The Labute approximate surface area is 164 Å². The quantitative estimate of drug-likeness (QED) is 0.662. The van der Waals surface area contributed by atoms with Crippen molar-refractivity contribution in [1.82, 2.24) is 9.47 Å². The fourth-order valence-corrected chi connectivity index (χ4v) is 4.20. The van der Waals surface area contributed by atoms with E-state index < -0.39 is 19.4 Å². The van der Waals surface area contributed by atoms with Crippen molar-refractivity contribution >= 4 is 16.6 Å². The van der Waals surface area contributed by atoms with Gasteiger partial charge in [-0.1, -0.05) is 24.3 Å². The maximum absolute atomic E-state index is 13.5. The van der Waals surface area contributed by atoms with E-state index in [1.54, 1.807) is 4.90 Å². The number of alkyl halides is 2. The maximum Gasteiger partial charge on any atom is 0.112 e. The van der Waals surface area contributed by atoms with Crippen LogP contribution < -0.4 is 0 Å². The summed E-state index contributed by atoms with van der Waals surface area (Å²) in [6, 6.07) is 7.99. The summed E-state index contributed by atoms with van der Waals surface area (Å²) in [5.41, 5.74) is 4.39. The Kier molecular flexibility index (Phi) is 4.97. The molecule has 146 valence electrons. The van der Waals surface area contributed by atoms with Gasteiger partial charge in [0.2, 0.25) is 0 Å². The first-order valence-electron chi connectivity index (χ1n) is 9.94. The van der Waals surface area contributed by atoms with E-state index in [0.29, 0.717) is 18.0 Å². The Hall–Kier alpha value is -2.61. The van der Waals surface area contributed by atoms with E-state index in [0.717, 1.165) is 22.3 Å². The van der Waals surface area contributed by atoms with Crippen molar-refractivity contribution in [3.8, 4) is 6.07 Å². The van der Waals surface area contributed by atoms with Gasteiger partial charge in [0.25, 0.3) is 0 Å². The Morgan fingerprint density at radius 3 is 2.57 bits per heavy atom. The summed E-state index contributed by atoms with van der Waals surface area (Å²) in [6.45, 7) is 3.06. The normalized spacial score (nSPS) is 16.9. The van der Waals surface area contributed by atoms with Crippen molar-refractivity contribution in [3.05, 3.63) is 53.2 Å². The van der Waals surface area contributed by atoms with Crippen molar-refractivity contribution < 1.29 is 8.78 Å². The van der Waals surface area contributed by atoms with Crippen LogP contribution in [0, 0.1) is 11.3 Å². The molecule has 1 aromatic carbocycles. The number of hydrogen-bond donors (Lipinski definition) is 0. The van der Waals surface area contributed by atoms with Gasteiger partial charge in [-0.15, -0.1) is 0 Å². The third kappa shape index (κ3) is 3.01. The summed E-state index contributed by atoms with van der Waals surface area (Å²) in [6.07, 6.45) is 8.09. The van der Waals surface area contributed by atoms with Crippen LogP contribution in [0.25, 0.3) is 16.6 Å². The molecular formula is C23H25F2N3. The zero-order chi connectivity index (χ0) is 19.8. The van der Waals surface area contributed by atoms with Gasteiger partial charge in [-0.2, -0.15) is 5.26 Å². The third-order valence-electron chi connectivity index (χ3n) is 5.75. The first-order valence-corrected chi connectivity index (χ1v) is 9.94. The SMILES string of the molecule is CC(C)n1c(C2=CC=CCN2C(CF)CF)c(C#N)c2ccc(C3CC3)cc21. The monoisotopic (exact) mass is 381 g/mol.